The zero-order chi connectivity index (χ0) is 13.0. The Morgan fingerprint density at radius 3 is 3.06 bits per heavy atom. The molecule has 1 aromatic rings. The second-order valence-corrected chi connectivity index (χ2v) is 4.34. The van der Waals surface area contributed by atoms with E-state index < -0.39 is 5.82 Å². The highest BCUT2D eigenvalue weighted by Gasteiger charge is 2.20. The molecule has 1 atom stereocenters. The van der Waals surface area contributed by atoms with Gasteiger partial charge in [-0.25, -0.2) is 4.39 Å². The molecule has 0 radical (unpaired) electrons. The summed E-state index contributed by atoms with van der Waals surface area (Å²) in [6.07, 6.45) is 1.83. The maximum Gasteiger partial charge on any atom is 0.228 e. The highest BCUT2D eigenvalue weighted by molar-refractivity contribution is 5.92. The minimum Gasteiger partial charge on any atom is -0.326 e. The van der Waals surface area contributed by atoms with Crippen molar-refractivity contribution in [2.75, 3.05) is 18.4 Å². The van der Waals surface area contributed by atoms with Gasteiger partial charge < -0.3 is 10.6 Å². The first kappa shape index (κ1) is 12.5. The number of amides is 1. The summed E-state index contributed by atoms with van der Waals surface area (Å²) in [7, 11) is 0. The van der Waals surface area contributed by atoms with Gasteiger partial charge in [-0.15, -0.1) is 0 Å². The van der Waals surface area contributed by atoms with Crippen LogP contribution < -0.4 is 10.6 Å². The molecule has 4 nitrogen and oxygen atoms in total. The molecule has 0 bridgehead atoms. The fourth-order valence-electron chi connectivity index (χ4n) is 2.01. The number of piperidine rings is 1. The van der Waals surface area contributed by atoms with Gasteiger partial charge >= 0.3 is 0 Å². The highest BCUT2D eigenvalue weighted by atomic mass is 19.1. The topological polar surface area (TPSA) is 64.9 Å². The Kier molecular flexibility index (Phi) is 3.90. The van der Waals surface area contributed by atoms with Crippen molar-refractivity contribution >= 4 is 11.6 Å². The molecule has 5 heteroatoms. The lowest BCUT2D eigenvalue weighted by Crippen LogP contribution is -2.37. The van der Waals surface area contributed by atoms with Crippen molar-refractivity contribution in [3.63, 3.8) is 0 Å². The lowest BCUT2D eigenvalue weighted by atomic mass is 9.99. The lowest BCUT2D eigenvalue weighted by molar-refractivity contribution is -0.120. The Labute approximate surface area is 105 Å². The number of carbonyl (C=O) groups excluding carboxylic acids is 1. The molecule has 0 unspecified atom stereocenters. The number of halogens is 1. The van der Waals surface area contributed by atoms with E-state index >= 15 is 0 Å². The summed E-state index contributed by atoms with van der Waals surface area (Å²) in [5.74, 6) is -0.720. The largest absolute Gasteiger partial charge is 0.326 e. The SMILES string of the molecule is N#Cc1cc(NC(=O)[C@@H]2CCCNC2)ccc1F. The van der Waals surface area contributed by atoms with Crippen LogP contribution in [0, 0.1) is 23.1 Å². The van der Waals surface area contributed by atoms with E-state index in [1.54, 1.807) is 6.07 Å². The Bertz CT molecular complexity index is 489. The summed E-state index contributed by atoms with van der Waals surface area (Å²) in [5.41, 5.74) is 0.401. The first-order valence-corrected chi connectivity index (χ1v) is 5.92. The molecule has 1 heterocycles. The molecular weight excluding hydrogens is 233 g/mol. The van der Waals surface area contributed by atoms with E-state index in [1.807, 2.05) is 0 Å². The number of nitrogens with one attached hydrogen (secondary N) is 2. The second kappa shape index (κ2) is 5.61. The predicted octanol–water partition coefficient (Wildman–Crippen LogP) is 1.64. The van der Waals surface area contributed by atoms with E-state index in [2.05, 4.69) is 10.6 Å². The molecule has 1 aliphatic rings. The van der Waals surface area contributed by atoms with E-state index in [0.29, 0.717) is 12.2 Å². The van der Waals surface area contributed by atoms with Crippen LogP contribution >= 0.6 is 0 Å². The molecule has 1 saturated heterocycles. The van der Waals surface area contributed by atoms with Crippen molar-refractivity contribution in [3.05, 3.63) is 29.6 Å². The summed E-state index contributed by atoms with van der Waals surface area (Å²) >= 11 is 0. The molecule has 1 amide bonds. The third kappa shape index (κ3) is 2.84. The highest BCUT2D eigenvalue weighted by Crippen LogP contribution is 2.17. The standard InChI is InChI=1S/C13H14FN3O/c14-12-4-3-11(6-10(12)7-15)17-13(18)9-2-1-5-16-8-9/h3-4,6,9,16H,1-2,5,8H2,(H,17,18)/t9-/m1/s1. The zero-order valence-corrected chi connectivity index (χ0v) is 9.87. The Hall–Kier alpha value is -1.93. The van der Waals surface area contributed by atoms with Crippen molar-refractivity contribution in [1.82, 2.24) is 5.32 Å². The normalized spacial score (nSPS) is 19.0. The molecule has 1 aromatic carbocycles. The molecule has 1 aliphatic heterocycles. The Morgan fingerprint density at radius 2 is 2.39 bits per heavy atom. The van der Waals surface area contributed by atoms with Gasteiger partial charge in [0, 0.05) is 12.2 Å². The van der Waals surface area contributed by atoms with Gasteiger partial charge in [0.15, 0.2) is 0 Å². The van der Waals surface area contributed by atoms with E-state index in [4.69, 9.17) is 5.26 Å². The molecule has 1 fully saturated rings. The van der Waals surface area contributed by atoms with E-state index in [9.17, 15) is 9.18 Å². The number of rotatable bonds is 2. The Morgan fingerprint density at radius 1 is 1.56 bits per heavy atom. The quantitative estimate of drug-likeness (QED) is 0.835. The van der Waals surface area contributed by atoms with Crippen LogP contribution in [-0.4, -0.2) is 19.0 Å². The van der Waals surface area contributed by atoms with Crippen molar-refractivity contribution in [2.45, 2.75) is 12.8 Å². The molecule has 0 aliphatic carbocycles. The summed E-state index contributed by atoms with van der Waals surface area (Å²) in [6.45, 7) is 1.61. The van der Waals surface area contributed by atoms with Crippen LogP contribution in [0.4, 0.5) is 10.1 Å². The monoisotopic (exact) mass is 247 g/mol. The van der Waals surface area contributed by atoms with Crippen LogP contribution in [0.5, 0.6) is 0 Å². The maximum atomic E-state index is 13.1. The molecule has 0 aromatic heterocycles. The van der Waals surface area contributed by atoms with Crippen LogP contribution in [0.25, 0.3) is 0 Å². The number of hydrogen-bond donors (Lipinski definition) is 2. The van der Waals surface area contributed by atoms with Gasteiger partial charge in [0.25, 0.3) is 0 Å². The molecule has 0 spiro atoms. The first-order chi connectivity index (χ1) is 8.70. The number of anilines is 1. The third-order valence-corrected chi connectivity index (χ3v) is 3.02. The van der Waals surface area contributed by atoms with E-state index in [0.717, 1.165) is 19.4 Å². The van der Waals surface area contributed by atoms with Crippen molar-refractivity contribution in [1.29, 1.82) is 5.26 Å². The molecule has 2 N–H and O–H groups in total. The smallest absolute Gasteiger partial charge is 0.228 e. The first-order valence-electron chi connectivity index (χ1n) is 5.92. The molecule has 94 valence electrons. The van der Waals surface area contributed by atoms with Gasteiger partial charge in [0.2, 0.25) is 5.91 Å². The fraction of sp³-hybridized carbons (Fsp3) is 0.385. The predicted molar refractivity (Wildman–Crippen MR) is 65.3 cm³/mol. The Balaban J connectivity index is 2.05. The minimum atomic E-state index is -0.574. The lowest BCUT2D eigenvalue weighted by Gasteiger charge is -2.21. The van der Waals surface area contributed by atoms with Crippen molar-refractivity contribution < 1.29 is 9.18 Å². The van der Waals surface area contributed by atoms with Crippen molar-refractivity contribution in [2.24, 2.45) is 5.92 Å². The summed E-state index contributed by atoms with van der Waals surface area (Å²) in [5, 5.41) is 14.6. The van der Waals surface area contributed by atoms with Crippen LogP contribution in [0.3, 0.4) is 0 Å². The van der Waals surface area contributed by atoms with Crippen LogP contribution in [0.1, 0.15) is 18.4 Å². The van der Waals surface area contributed by atoms with Gasteiger partial charge in [-0.1, -0.05) is 0 Å². The van der Waals surface area contributed by atoms with Gasteiger partial charge in [0.05, 0.1) is 11.5 Å². The molecule has 18 heavy (non-hydrogen) atoms. The van der Waals surface area contributed by atoms with E-state index in [1.165, 1.54) is 18.2 Å². The van der Waals surface area contributed by atoms with Gasteiger partial charge in [-0.05, 0) is 37.6 Å². The maximum absolute atomic E-state index is 13.1. The number of carbonyl (C=O) groups is 1. The summed E-state index contributed by atoms with van der Waals surface area (Å²) < 4.78 is 13.1. The van der Waals surface area contributed by atoms with Crippen LogP contribution in [0.2, 0.25) is 0 Å². The number of benzene rings is 1. The number of nitrogens with zero attached hydrogens (tertiary/aromatic N) is 1. The number of nitriles is 1. The molecule has 0 saturated carbocycles. The van der Waals surface area contributed by atoms with Crippen LogP contribution in [0.15, 0.2) is 18.2 Å². The van der Waals surface area contributed by atoms with Gasteiger partial charge in [-0.3, -0.25) is 4.79 Å². The number of hydrogen-bond acceptors (Lipinski definition) is 3. The van der Waals surface area contributed by atoms with E-state index in [-0.39, 0.29) is 17.4 Å². The molecule has 2 rings (SSSR count). The average Bonchev–Trinajstić information content (AvgIpc) is 2.42. The van der Waals surface area contributed by atoms with Crippen molar-refractivity contribution in [3.8, 4) is 6.07 Å². The van der Waals surface area contributed by atoms with Gasteiger partial charge in [0.1, 0.15) is 11.9 Å². The zero-order valence-electron chi connectivity index (χ0n) is 9.87. The summed E-state index contributed by atoms with van der Waals surface area (Å²) in [6, 6.07) is 5.75. The molecular formula is C13H14FN3O. The van der Waals surface area contributed by atoms with Crippen LogP contribution in [-0.2, 0) is 4.79 Å². The third-order valence-electron chi connectivity index (χ3n) is 3.02. The summed E-state index contributed by atoms with van der Waals surface area (Å²) in [4.78, 5) is 11.9. The minimum absolute atomic E-state index is 0.0606. The average molecular weight is 247 g/mol. The fourth-order valence-corrected chi connectivity index (χ4v) is 2.01. The van der Waals surface area contributed by atoms with Gasteiger partial charge in [-0.2, -0.15) is 5.26 Å². The second-order valence-electron chi connectivity index (χ2n) is 4.34.